The van der Waals surface area contributed by atoms with Crippen molar-refractivity contribution in [3.8, 4) is 0 Å². The van der Waals surface area contributed by atoms with Crippen molar-refractivity contribution in [1.82, 2.24) is 0 Å². The standard InChI is InChI=1S/C9H10OS/c1-6-9-4-8(10)3-2-7(9)5-11-6/h5H,2-4H2,1H3. The first-order valence-electron chi connectivity index (χ1n) is 3.85. The van der Waals surface area contributed by atoms with E-state index in [-0.39, 0.29) is 0 Å². The molecule has 1 aliphatic rings. The lowest BCUT2D eigenvalue weighted by atomic mass is 9.93. The summed E-state index contributed by atoms with van der Waals surface area (Å²) in [4.78, 5) is 12.4. The molecule has 1 heterocycles. The number of thiophene rings is 1. The zero-order chi connectivity index (χ0) is 7.84. The van der Waals surface area contributed by atoms with E-state index >= 15 is 0 Å². The molecule has 0 unspecified atom stereocenters. The minimum atomic E-state index is 0.402. The van der Waals surface area contributed by atoms with Crippen LogP contribution in [0.25, 0.3) is 0 Å². The Morgan fingerprint density at radius 2 is 2.27 bits per heavy atom. The Hall–Kier alpha value is -0.630. The Labute approximate surface area is 70.1 Å². The molecule has 0 N–H and O–H groups in total. The Balaban J connectivity index is 2.45. The lowest BCUT2D eigenvalue weighted by Gasteiger charge is -2.10. The number of fused-ring (bicyclic) bond motifs is 1. The lowest BCUT2D eigenvalue weighted by Crippen LogP contribution is -2.11. The van der Waals surface area contributed by atoms with Crippen LogP contribution in [0.4, 0.5) is 0 Å². The van der Waals surface area contributed by atoms with E-state index in [1.807, 2.05) is 0 Å². The van der Waals surface area contributed by atoms with Crippen LogP contribution >= 0.6 is 11.3 Å². The second-order valence-corrected chi connectivity index (χ2v) is 4.09. The quantitative estimate of drug-likeness (QED) is 0.577. The van der Waals surface area contributed by atoms with Crippen molar-refractivity contribution in [2.24, 2.45) is 0 Å². The molecule has 0 bridgehead atoms. The van der Waals surface area contributed by atoms with E-state index in [1.165, 1.54) is 16.0 Å². The van der Waals surface area contributed by atoms with Gasteiger partial charge in [-0.2, -0.15) is 0 Å². The maximum Gasteiger partial charge on any atom is 0.137 e. The number of aryl methyl sites for hydroxylation is 2. The summed E-state index contributed by atoms with van der Waals surface area (Å²) in [6, 6.07) is 0. The van der Waals surface area contributed by atoms with Gasteiger partial charge in [0, 0.05) is 17.7 Å². The fraction of sp³-hybridized carbons (Fsp3) is 0.444. The smallest absolute Gasteiger partial charge is 0.137 e. The van der Waals surface area contributed by atoms with Gasteiger partial charge in [0.1, 0.15) is 5.78 Å². The molecule has 1 aliphatic carbocycles. The number of ketones is 1. The minimum Gasteiger partial charge on any atom is -0.299 e. The molecular formula is C9H10OS. The summed E-state index contributed by atoms with van der Waals surface area (Å²) < 4.78 is 0. The molecule has 0 aliphatic heterocycles. The molecule has 0 amide bonds. The summed E-state index contributed by atoms with van der Waals surface area (Å²) >= 11 is 1.77. The topological polar surface area (TPSA) is 17.1 Å². The van der Waals surface area contributed by atoms with Gasteiger partial charge >= 0.3 is 0 Å². The van der Waals surface area contributed by atoms with E-state index in [0.29, 0.717) is 12.2 Å². The van der Waals surface area contributed by atoms with Gasteiger partial charge in [-0.05, 0) is 29.9 Å². The van der Waals surface area contributed by atoms with E-state index in [4.69, 9.17) is 0 Å². The van der Waals surface area contributed by atoms with Gasteiger partial charge in [-0.1, -0.05) is 0 Å². The van der Waals surface area contributed by atoms with Crippen LogP contribution in [0.5, 0.6) is 0 Å². The maximum absolute atomic E-state index is 11.1. The highest BCUT2D eigenvalue weighted by atomic mass is 32.1. The molecule has 0 fully saturated rings. The highest BCUT2D eigenvalue weighted by Crippen LogP contribution is 2.27. The van der Waals surface area contributed by atoms with Crippen molar-refractivity contribution in [3.05, 3.63) is 21.4 Å². The molecular weight excluding hydrogens is 156 g/mol. The highest BCUT2D eigenvalue weighted by Gasteiger charge is 2.17. The van der Waals surface area contributed by atoms with E-state index < -0.39 is 0 Å². The second kappa shape index (κ2) is 2.45. The van der Waals surface area contributed by atoms with Gasteiger partial charge in [-0.15, -0.1) is 11.3 Å². The largest absolute Gasteiger partial charge is 0.299 e. The van der Waals surface area contributed by atoms with Gasteiger partial charge in [-0.3, -0.25) is 4.79 Å². The van der Waals surface area contributed by atoms with Crippen LogP contribution in [0, 0.1) is 6.92 Å². The van der Waals surface area contributed by atoms with E-state index in [1.54, 1.807) is 11.3 Å². The molecule has 1 aromatic rings. The summed E-state index contributed by atoms with van der Waals surface area (Å²) in [5.41, 5.74) is 2.72. The second-order valence-electron chi connectivity index (χ2n) is 3.01. The zero-order valence-electron chi connectivity index (χ0n) is 6.52. The highest BCUT2D eigenvalue weighted by molar-refractivity contribution is 7.10. The summed E-state index contributed by atoms with van der Waals surface area (Å²) in [6.45, 7) is 2.10. The van der Waals surface area contributed by atoms with Crippen molar-refractivity contribution in [2.75, 3.05) is 0 Å². The van der Waals surface area contributed by atoms with E-state index in [2.05, 4.69) is 12.3 Å². The van der Waals surface area contributed by atoms with Crippen LogP contribution in [0.1, 0.15) is 22.4 Å². The molecule has 0 saturated carbocycles. The predicted molar refractivity (Wildman–Crippen MR) is 46.1 cm³/mol. The molecule has 2 heteroatoms. The number of carbonyl (C=O) groups excluding carboxylic acids is 1. The average Bonchev–Trinajstić information content (AvgIpc) is 2.33. The number of hydrogen-bond acceptors (Lipinski definition) is 2. The van der Waals surface area contributed by atoms with Crippen molar-refractivity contribution >= 4 is 17.1 Å². The molecule has 1 aromatic heterocycles. The third kappa shape index (κ3) is 1.11. The number of hydrogen-bond donors (Lipinski definition) is 0. The Morgan fingerprint density at radius 1 is 1.45 bits per heavy atom. The van der Waals surface area contributed by atoms with Crippen LogP contribution in [0.15, 0.2) is 5.38 Å². The van der Waals surface area contributed by atoms with Gasteiger partial charge in [0.15, 0.2) is 0 Å². The molecule has 1 nitrogen and oxygen atoms in total. The molecule has 58 valence electrons. The first-order chi connectivity index (χ1) is 5.27. The van der Waals surface area contributed by atoms with Crippen molar-refractivity contribution < 1.29 is 4.79 Å². The van der Waals surface area contributed by atoms with Gasteiger partial charge < -0.3 is 0 Å². The van der Waals surface area contributed by atoms with E-state index in [9.17, 15) is 4.79 Å². The molecule has 11 heavy (non-hydrogen) atoms. The first kappa shape index (κ1) is 7.04. The SMILES string of the molecule is Cc1scc2c1CC(=O)CC2. The molecule has 0 atom stereocenters. The Bertz CT molecular complexity index is 299. The third-order valence-electron chi connectivity index (χ3n) is 2.24. The van der Waals surface area contributed by atoms with Gasteiger partial charge in [-0.25, -0.2) is 0 Å². The first-order valence-corrected chi connectivity index (χ1v) is 4.73. The summed E-state index contributed by atoms with van der Waals surface area (Å²) in [6.07, 6.45) is 2.41. The van der Waals surface area contributed by atoms with Crippen LogP contribution in [0.2, 0.25) is 0 Å². The van der Waals surface area contributed by atoms with E-state index in [0.717, 1.165) is 12.8 Å². The Kier molecular flexibility index (Phi) is 1.57. The molecule has 2 rings (SSSR count). The summed E-state index contributed by atoms with van der Waals surface area (Å²) in [5.74, 6) is 0.402. The lowest BCUT2D eigenvalue weighted by molar-refractivity contribution is -0.118. The summed E-state index contributed by atoms with van der Waals surface area (Å²) in [5, 5.41) is 2.19. The monoisotopic (exact) mass is 166 g/mol. The Morgan fingerprint density at radius 3 is 3.09 bits per heavy atom. The van der Waals surface area contributed by atoms with Gasteiger partial charge in [0.2, 0.25) is 0 Å². The summed E-state index contributed by atoms with van der Waals surface area (Å²) in [7, 11) is 0. The average molecular weight is 166 g/mol. The fourth-order valence-electron chi connectivity index (χ4n) is 1.54. The predicted octanol–water partition coefficient (Wildman–Crippen LogP) is 2.11. The fourth-order valence-corrected chi connectivity index (χ4v) is 2.46. The van der Waals surface area contributed by atoms with Crippen molar-refractivity contribution in [1.29, 1.82) is 0 Å². The molecule has 0 radical (unpaired) electrons. The van der Waals surface area contributed by atoms with Crippen LogP contribution in [-0.2, 0) is 17.6 Å². The normalized spacial score (nSPS) is 16.6. The van der Waals surface area contributed by atoms with Crippen LogP contribution < -0.4 is 0 Å². The van der Waals surface area contributed by atoms with Crippen molar-refractivity contribution in [2.45, 2.75) is 26.2 Å². The molecule has 0 spiro atoms. The van der Waals surface area contributed by atoms with Crippen molar-refractivity contribution in [3.63, 3.8) is 0 Å². The number of carbonyl (C=O) groups is 1. The molecule has 0 aromatic carbocycles. The van der Waals surface area contributed by atoms with Gasteiger partial charge in [0.05, 0.1) is 0 Å². The van der Waals surface area contributed by atoms with Crippen LogP contribution in [-0.4, -0.2) is 5.78 Å². The van der Waals surface area contributed by atoms with Crippen LogP contribution in [0.3, 0.4) is 0 Å². The zero-order valence-corrected chi connectivity index (χ0v) is 7.33. The third-order valence-corrected chi connectivity index (χ3v) is 3.24. The minimum absolute atomic E-state index is 0.402. The van der Waals surface area contributed by atoms with Gasteiger partial charge in [0.25, 0.3) is 0 Å². The number of rotatable bonds is 0. The number of Topliss-reactive ketones (excluding diaryl/α,β-unsaturated/α-hetero) is 1. The molecule has 0 saturated heterocycles. The maximum atomic E-state index is 11.1.